The smallest absolute Gasteiger partial charge is 0.263 e. The Kier molecular flexibility index (Phi) is 4.87. The number of nitrogens with zero attached hydrogens (tertiary/aromatic N) is 2. The first-order chi connectivity index (χ1) is 11.9. The summed E-state index contributed by atoms with van der Waals surface area (Å²) < 4.78 is 27.0. The Labute approximate surface area is 150 Å². The van der Waals surface area contributed by atoms with Crippen LogP contribution in [0.1, 0.15) is 5.56 Å². The Hall–Kier alpha value is -2.64. The number of para-hydroxylation sites is 1. The Morgan fingerprint density at radius 2 is 1.64 bits per heavy atom. The highest BCUT2D eigenvalue weighted by molar-refractivity contribution is 7.92. The normalized spacial score (nSPS) is 11.1. The molecule has 0 bridgehead atoms. The molecule has 2 aromatic carbocycles. The average molecular weight is 375 g/mol. The van der Waals surface area contributed by atoms with Crippen LogP contribution in [0.15, 0.2) is 65.6 Å². The number of benzene rings is 2. The van der Waals surface area contributed by atoms with Gasteiger partial charge in [0, 0.05) is 10.7 Å². The maximum absolute atomic E-state index is 12.3. The van der Waals surface area contributed by atoms with Crippen molar-refractivity contribution >= 4 is 38.9 Å². The molecule has 0 unspecified atom stereocenters. The number of anilines is 3. The van der Waals surface area contributed by atoms with Gasteiger partial charge in [-0.15, -0.1) is 10.2 Å². The van der Waals surface area contributed by atoms with E-state index in [4.69, 9.17) is 11.6 Å². The van der Waals surface area contributed by atoms with Crippen molar-refractivity contribution in [2.75, 3.05) is 10.0 Å². The second kappa shape index (κ2) is 7.08. The zero-order chi connectivity index (χ0) is 17.9. The molecule has 128 valence electrons. The van der Waals surface area contributed by atoms with E-state index in [0.717, 1.165) is 11.3 Å². The molecule has 25 heavy (non-hydrogen) atoms. The van der Waals surface area contributed by atoms with Gasteiger partial charge >= 0.3 is 0 Å². The predicted octanol–water partition coefficient (Wildman–Crippen LogP) is 3.98. The number of hydrogen-bond acceptors (Lipinski definition) is 5. The quantitative estimate of drug-likeness (QED) is 0.705. The van der Waals surface area contributed by atoms with Crippen molar-refractivity contribution in [2.24, 2.45) is 0 Å². The first-order valence-electron chi connectivity index (χ1n) is 7.39. The van der Waals surface area contributed by atoms with Gasteiger partial charge in [0.25, 0.3) is 10.0 Å². The lowest BCUT2D eigenvalue weighted by molar-refractivity contribution is 0.601. The fourth-order valence-corrected chi connectivity index (χ4v) is 3.43. The minimum atomic E-state index is -3.77. The molecule has 3 rings (SSSR count). The van der Waals surface area contributed by atoms with Gasteiger partial charge in [0.1, 0.15) is 0 Å². The third-order valence-corrected chi connectivity index (χ3v) is 5.01. The minimum absolute atomic E-state index is 0.0592. The van der Waals surface area contributed by atoms with Gasteiger partial charge in [-0.25, -0.2) is 8.42 Å². The molecule has 0 saturated heterocycles. The molecular formula is C17H15ClN4O2S. The number of sulfonamides is 1. The molecular weight excluding hydrogens is 360 g/mol. The van der Waals surface area contributed by atoms with Crippen LogP contribution in [0.3, 0.4) is 0 Å². The summed E-state index contributed by atoms with van der Waals surface area (Å²) in [6.07, 6.45) is 0. The molecule has 2 N–H and O–H groups in total. The number of hydrogen-bond donors (Lipinski definition) is 2. The summed E-state index contributed by atoms with van der Waals surface area (Å²) in [7, 11) is -3.77. The van der Waals surface area contributed by atoms with Crippen molar-refractivity contribution in [2.45, 2.75) is 11.8 Å². The molecule has 3 aromatic rings. The zero-order valence-electron chi connectivity index (χ0n) is 13.3. The number of halogens is 1. The highest BCUT2D eigenvalue weighted by atomic mass is 35.5. The van der Waals surface area contributed by atoms with Gasteiger partial charge in [0.2, 0.25) is 0 Å². The van der Waals surface area contributed by atoms with Gasteiger partial charge in [-0.2, -0.15) is 0 Å². The van der Waals surface area contributed by atoms with Crippen LogP contribution in [0.4, 0.5) is 17.3 Å². The van der Waals surface area contributed by atoms with Crippen molar-refractivity contribution in [1.29, 1.82) is 0 Å². The topological polar surface area (TPSA) is 84.0 Å². The van der Waals surface area contributed by atoms with Crippen LogP contribution in [-0.2, 0) is 10.0 Å². The lowest BCUT2D eigenvalue weighted by Crippen LogP contribution is -2.14. The molecule has 0 saturated carbocycles. The molecule has 0 atom stereocenters. The summed E-state index contributed by atoms with van der Waals surface area (Å²) in [6.45, 7) is 1.98. The molecule has 0 aliphatic rings. The van der Waals surface area contributed by atoms with Crippen LogP contribution < -0.4 is 10.0 Å². The van der Waals surface area contributed by atoms with Gasteiger partial charge in [-0.05, 0) is 48.9 Å². The molecule has 0 aliphatic heterocycles. The van der Waals surface area contributed by atoms with E-state index in [1.54, 1.807) is 18.2 Å². The van der Waals surface area contributed by atoms with Crippen LogP contribution in [0.5, 0.6) is 0 Å². The van der Waals surface area contributed by atoms with Crippen LogP contribution in [0.2, 0.25) is 5.02 Å². The molecule has 0 spiro atoms. The molecule has 0 amide bonds. The Morgan fingerprint density at radius 3 is 2.32 bits per heavy atom. The second-order valence-electron chi connectivity index (χ2n) is 5.31. The lowest BCUT2D eigenvalue weighted by atomic mass is 10.2. The summed E-state index contributed by atoms with van der Waals surface area (Å²) in [5.74, 6) is 0.635. The van der Waals surface area contributed by atoms with E-state index in [1.807, 2.05) is 31.2 Å². The van der Waals surface area contributed by atoms with Crippen LogP contribution >= 0.6 is 11.6 Å². The zero-order valence-corrected chi connectivity index (χ0v) is 14.8. The first kappa shape index (κ1) is 17.2. The highest BCUT2D eigenvalue weighted by Crippen LogP contribution is 2.20. The molecule has 6 nitrogen and oxygen atoms in total. The van der Waals surface area contributed by atoms with Crippen molar-refractivity contribution in [3.8, 4) is 0 Å². The second-order valence-corrected chi connectivity index (χ2v) is 7.43. The predicted molar refractivity (Wildman–Crippen MR) is 98.8 cm³/mol. The standard InChI is InChI=1S/C17H15ClN4O2S/c1-12-5-2-3-8-15(12)19-16-9-10-17(21-20-16)22-25(23,24)14-7-4-6-13(18)11-14/h2-11H,1H3,(H,19,20)(H,21,22). The Balaban J connectivity index is 1.75. The maximum atomic E-state index is 12.3. The molecule has 1 heterocycles. The summed E-state index contributed by atoms with van der Waals surface area (Å²) in [4.78, 5) is 0.0592. The van der Waals surface area contributed by atoms with E-state index in [2.05, 4.69) is 20.2 Å². The third kappa shape index (κ3) is 4.26. The van der Waals surface area contributed by atoms with E-state index in [1.165, 1.54) is 18.2 Å². The molecule has 0 aliphatic carbocycles. The van der Waals surface area contributed by atoms with Crippen LogP contribution in [0, 0.1) is 6.92 Å². The molecule has 8 heteroatoms. The fourth-order valence-electron chi connectivity index (χ4n) is 2.14. The lowest BCUT2D eigenvalue weighted by Gasteiger charge is -2.09. The third-order valence-electron chi connectivity index (χ3n) is 3.42. The summed E-state index contributed by atoms with van der Waals surface area (Å²) in [5, 5.41) is 11.4. The van der Waals surface area contributed by atoms with Crippen molar-refractivity contribution in [1.82, 2.24) is 10.2 Å². The van der Waals surface area contributed by atoms with E-state index >= 15 is 0 Å². The summed E-state index contributed by atoms with van der Waals surface area (Å²) >= 11 is 5.84. The van der Waals surface area contributed by atoms with Gasteiger partial charge < -0.3 is 5.32 Å². The monoisotopic (exact) mass is 374 g/mol. The van der Waals surface area contributed by atoms with Crippen LogP contribution in [0.25, 0.3) is 0 Å². The molecule has 0 fully saturated rings. The van der Waals surface area contributed by atoms with Crippen molar-refractivity contribution < 1.29 is 8.42 Å². The fraction of sp³-hybridized carbons (Fsp3) is 0.0588. The SMILES string of the molecule is Cc1ccccc1Nc1ccc(NS(=O)(=O)c2cccc(Cl)c2)nn1. The Bertz CT molecular complexity index is 992. The van der Waals surface area contributed by atoms with Gasteiger partial charge in [-0.1, -0.05) is 35.9 Å². The molecule has 0 radical (unpaired) electrons. The Morgan fingerprint density at radius 1 is 0.920 bits per heavy atom. The highest BCUT2D eigenvalue weighted by Gasteiger charge is 2.15. The van der Waals surface area contributed by atoms with E-state index in [-0.39, 0.29) is 10.7 Å². The minimum Gasteiger partial charge on any atom is -0.339 e. The van der Waals surface area contributed by atoms with E-state index < -0.39 is 10.0 Å². The number of rotatable bonds is 5. The average Bonchev–Trinajstić information content (AvgIpc) is 2.58. The largest absolute Gasteiger partial charge is 0.339 e. The van der Waals surface area contributed by atoms with Crippen molar-refractivity contribution in [3.05, 3.63) is 71.2 Å². The van der Waals surface area contributed by atoms with E-state index in [9.17, 15) is 8.42 Å². The summed E-state index contributed by atoms with van der Waals surface area (Å²) in [6, 6.07) is 16.9. The molecule has 1 aromatic heterocycles. The van der Waals surface area contributed by atoms with Gasteiger partial charge in [0.05, 0.1) is 4.90 Å². The summed E-state index contributed by atoms with van der Waals surface area (Å²) in [5.41, 5.74) is 1.97. The number of aryl methyl sites for hydroxylation is 1. The number of aromatic nitrogens is 2. The van der Waals surface area contributed by atoms with E-state index in [0.29, 0.717) is 10.8 Å². The van der Waals surface area contributed by atoms with Crippen LogP contribution in [-0.4, -0.2) is 18.6 Å². The number of nitrogens with one attached hydrogen (secondary N) is 2. The van der Waals surface area contributed by atoms with Gasteiger partial charge in [0.15, 0.2) is 11.6 Å². The first-order valence-corrected chi connectivity index (χ1v) is 9.25. The van der Waals surface area contributed by atoms with Gasteiger partial charge in [-0.3, -0.25) is 4.72 Å². The van der Waals surface area contributed by atoms with Crippen molar-refractivity contribution in [3.63, 3.8) is 0 Å². The maximum Gasteiger partial charge on any atom is 0.263 e.